The lowest BCUT2D eigenvalue weighted by Gasteiger charge is -2.36. The van der Waals surface area contributed by atoms with Gasteiger partial charge in [0.05, 0.1) is 16.8 Å². The van der Waals surface area contributed by atoms with Gasteiger partial charge in [-0.3, -0.25) is 4.79 Å². The smallest absolute Gasteiger partial charge is 0.337 e. The summed E-state index contributed by atoms with van der Waals surface area (Å²) in [6.45, 7) is 4.78. The van der Waals surface area contributed by atoms with Crippen LogP contribution in [-0.2, 0) is 0 Å². The number of hydrogen-bond acceptors (Lipinski definition) is 4. The van der Waals surface area contributed by atoms with Crippen molar-refractivity contribution in [1.82, 2.24) is 9.80 Å². The number of anilines is 2. The number of halogens is 3. The molecule has 33 heavy (non-hydrogen) atoms. The van der Waals surface area contributed by atoms with Crippen molar-refractivity contribution >= 4 is 45.8 Å². The zero-order valence-corrected chi connectivity index (χ0v) is 20.5. The number of likely N-dealkylation sites (tertiary alicyclic amines) is 2. The largest absolute Gasteiger partial charge is 0.478 e. The van der Waals surface area contributed by atoms with Crippen molar-refractivity contribution in [2.45, 2.75) is 38.6 Å². The van der Waals surface area contributed by atoms with Gasteiger partial charge in [0.1, 0.15) is 0 Å². The molecule has 2 aliphatic heterocycles. The van der Waals surface area contributed by atoms with Gasteiger partial charge in [-0.25, -0.2) is 13.6 Å². The van der Waals surface area contributed by atoms with Crippen LogP contribution in [0.25, 0.3) is 0 Å². The molecule has 9 heteroatoms. The number of rotatable bonds is 5. The van der Waals surface area contributed by atoms with Crippen LogP contribution in [0.3, 0.4) is 0 Å². The molecule has 0 aliphatic carbocycles. The van der Waals surface area contributed by atoms with Crippen molar-refractivity contribution in [2.75, 3.05) is 31.5 Å². The minimum Gasteiger partial charge on any atom is -0.478 e. The molecule has 2 heterocycles. The Balaban J connectivity index is 1.59. The fourth-order valence-electron chi connectivity index (χ4n) is 4.69. The molecule has 176 valence electrons. The summed E-state index contributed by atoms with van der Waals surface area (Å²) in [5.74, 6) is -4.83. The third kappa shape index (κ3) is 4.98. The number of amides is 1. The average molecular weight is 569 g/mol. The highest BCUT2D eigenvalue weighted by Crippen LogP contribution is 2.32. The van der Waals surface area contributed by atoms with Crippen LogP contribution in [0.5, 0.6) is 0 Å². The fourth-order valence-corrected chi connectivity index (χ4v) is 5.33. The second-order valence-electron chi connectivity index (χ2n) is 8.63. The maximum absolute atomic E-state index is 15.1. The van der Waals surface area contributed by atoms with Gasteiger partial charge in [0, 0.05) is 28.4 Å². The van der Waals surface area contributed by atoms with Crippen LogP contribution in [0.4, 0.5) is 20.2 Å². The molecule has 2 N–H and O–H groups in total. The Morgan fingerprint density at radius 2 is 1.70 bits per heavy atom. The van der Waals surface area contributed by atoms with Crippen molar-refractivity contribution in [3.63, 3.8) is 0 Å². The molecule has 0 aromatic heterocycles. The molecule has 4 rings (SSSR count). The summed E-state index contributed by atoms with van der Waals surface area (Å²) >= 11 is 2.13. The number of carbonyl (C=O) groups is 2. The van der Waals surface area contributed by atoms with E-state index in [0.29, 0.717) is 24.8 Å². The van der Waals surface area contributed by atoms with Gasteiger partial charge in [0.25, 0.3) is 5.91 Å². The Bertz CT molecular complexity index is 1080. The van der Waals surface area contributed by atoms with Crippen LogP contribution in [-0.4, -0.2) is 59.0 Å². The highest BCUT2D eigenvalue weighted by molar-refractivity contribution is 14.1. The Morgan fingerprint density at radius 1 is 1.03 bits per heavy atom. The molecule has 0 bridgehead atoms. The van der Waals surface area contributed by atoms with E-state index in [1.165, 1.54) is 17.7 Å². The fraction of sp³-hybridized carbons (Fsp3) is 0.417. The summed E-state index contributed by atoms with van der Waals surface area (Å²) < 4.78 is 31.1. The summed E-state index contributed by atoms with van der Waals surface area (Å²) in [6.07, 6.45) is 3.91. The molecule has 0 spiro atoms. The Hall–Kier alpha value is -2.27. The number of piperidine rings is 1. The summed E-state index contributed by atoms with van der Waals surface area (Å²) in [7, 11) is 0. The summed E-state index contributed by atoms with van der Waals surface area (Å²) in [6, 6.07) is 6.62. The lowest BCUT2D eigenvalue weighted by atomic mass is 10.0. The second-order valence-corrected chi connectivity index (χ2v) is 9.88. The average Bonchev–Trinajstić information content (AvgIpc) is 3.33. The Kier molecular flexibility index (Phi) is 7.18. The lowest BCUT2D eigenvalue weighted by molar-refractivity contribution is 0.0639. The molecule has 2 fully saturated rings. The molecule has 0 unspecified atom stereocenters. The number of carboxylic acid groups (broad SMARTS) is 1. The van der Waals surface area contributed by atoms with Gasteiger partial charge in [0.15, 0.2) is 11.6 Å². The summed E-state index contributed by atoms with van der Waals surface area (Å²) in [4.78, 5) is 28.8. The number of nitrogens with one attached hydrogen (secondary N) is 1. The number of hydrogen-bond donors (Lipinski definition) is 2. The standard InChI is InChI=1S/C24H26F2IN3O3/c1-14-12-15(27)4-5-19(14)28-22-18(24(32)33)13-17(20(25)21(22)26)23(31)30-10-6-16(7-11-30)29-8-2-3-9-29/h4-5,12-13,16,28H,2-3,6-11H2,1H3,(H,32,33). The first-order valence-corrected chi connectivity index (χ1v) is 12.2. The molecular weight excluding hydrogens is 543 g/mol. The van der Waals surface area contributed by atoms with E-state index in [9.17, 15) is 14.7 Å². The predicted octanol–water partition coefficient (Wildman–Crippen LogP) is 5.02. The van der Waals surface area contributed by atoms with E-state index in [4.69, 9.17) is 0 Å². The predicted molar refractivity (Wildman–Crippen MR) is 130 cm³/mol. The van der Waals surface area contributed by atoms with Gasteiger partial charge in [-0.05, 0) is 98.1 Å². The number of carboxylic acids is 1. The highest BCUT2D eigenvalue weighted by Gasteiger charge is 2.32. The third-order valence-corrected chi connectivity index (χ3v) is 7.20. The minimum absolute atomic E-state index is 0.400. The highest BCUT2D eigenvalue weighted by atomic mass is 127. The van der Waals surface area contributed by atoms with Gasteiger partial charge in [-0.15, -0.1) is 0 Å². The number of aryl methyl sites for hydroxylation is 1. The zero-order valence-electron chi connectivity index (χ0n) is 18.3. The molecule has 2 saturated heterocycles. The topological polar surface area (TPSA) is 72.9 Å². The van der Waals surface area contributed by atoms with Crippen LogP contribution in [0.1, 0.15) is 52.0 Å². The van der Waals surface area contributed by atoms with Crippen LogP contribution in [0.15, 0.2) is 24.3 Å². The molecule has 0 saturated carbocycles. The van der Waals surface area contributed by atoms with E-state index < -0.39 is 40.3 Å². The van der Waals surface area contributed by atoms with Gasteiger partial charge < -0.3 is 20.2 Å². The third-order valence-electron chi connectivity index (χ3n) is 6.52. The first-order chi connectivity index (χ1) is 15.8. The molecule has 1 amide bonds. The van der Waals surface area contributed by atoms with Crippen molar-refractivity contribution in [3.8, 4) is 0 Å². The van der Waals surface area contributed by atoms with E-state index in [0.717, 1.165) is 41.1 Å². The lowest BCUT2D eigenvalue weighted by Crippen LogP contribution is -2.46. The van der Waals surface area contributed by atoms with Gasteiger partial charge in [-0.1, -0.05) is 0 Å². The van der Waals surface area contributed by atoms with Gasteiger partial charge in [0.2, 0.25) is 0 Å². The molecular formula is C24H26F2IN3O3. The van der Waals surface area contributed by atoms with Crippen LogP contribution < -0.4 is 5.32 Å². The van der Waals surface area contributed by atoms with Gasteiger partial charge >= 0.3 is 5.97 Å². The number of nitrogens with zero attached hydrogens (tertiary/aromatic N) is 2. The number of benzene rings is 2. The van der Waals surface area contributed by atoms with Gasteiger partial charge in [-0.2, -0.15) is 0 Å². The van der Waals surface area contributed by atoms with Crippen molar-refractivity contribution in [1.29, 1.82) is 0 Å². The summed E-state index contributed by atoms with van der Waals surface area (Å²) in [5, 5.41) is 12.4. The zero-order chi connectivity index (χ0) is 23.7. The first-order valence-electron chi connectivity index (χ1n) is 11.1. The van der Waals surface area contributed by atoms with E-state index in [1.54, 1.807) is 19.1 Å². The number of aromatic carboxylic acids is 1. The maximum Gasteiger partial charge on any atom is 0.337 e. The van der Waals surface area contributed by atoms with Crippen LogP contribution in [0.2, 0.25) is 0 Å². The van der Waals surface area contributed by atoms with Crippen LogP contribution in [0, 0.1) is 22.1 Å². The maximum atomic E-state index is 15.1. The van der Waals surface area contributed by atoms with Crippen molar-refractivity contribution in [2.24, 2.45) is 0 Å². The monoisotopic (exact) mass is 569 g/mol. The van der Waals surface area contributed by atoms with Crippen molar-refractivity contribution in [3.05, 3.63) is 56.2 Å². The van der Waals surface area contributed by atoms with Crippen LogP contribution >= 0.6 is 22.6 Å². The minimum atomic E-state index is -1.44. The Labute approximate surface area is 205 Å². The first kappa shape index (κ1) is 23.9. The van der Waals surface area contributed by atoms with Crippen molar-refractivity contribution < 1.29 is 23.5 Å². The second kappa shape index (κ2) is 9.92. The Morgan fingerprint density at radius 3 is 2.30 bits per heavy atom. The van der Waals surface area contributed by atoms with E-state index >= 15 is 8.78 Å². The summed E-state index contributed by atoms with van der Waals surface area (Å²) in [5.41, 5.74) is -0.316. The van der Waals surface area contributed by atoms with E-state index in [2.05, 4.69) is 32.8 Å². The number of carbonyl (C=O) groups excluding carboxylic acids is 1. The van der Waals surface area contributed by atoms with E-state index in [1.807, 2.05) is 6.07 Å². The quantitative estimate of drug-likeness (QED) is 0.495. The molecule has 6 nitrogen and oxygen atoms in total. The normalized spacial score (nSPS) is 17.4. The SMILES string of the molecule is Cc1cc(I)ccc1Nc1c(C(=O)O)cc(C(=O)N2CCC(N3CCCC3)CC2)c(F)c1F. The molecule has 2 aromatic carbocycles. The molecule has 2 aromatic rings. The molecule has 0 atom stereocenters. The van der Waals surface area contributed by atoms with E-state index in [-0.39, 0.29) is 0 Å². The molecule has 0 radical (unpaired) electrons. The molecule has 2 aliphatic rings.